The van der Waals surface area contributed by atoms with Crippen LogP contribution in [-0.4, -0.2) is 10.2 Å². The standard InChI is InChI=1S/C15H13N5/c16-7-10-5-6-14(13-4-2-1-3-12(10)13)18-8-11-9-19-20-15(11)17/h1-6,9,18H,8H2,(H3,17,19,20). The van der Waals surface area contributed by atoms with Gasteiger partial charge in [0.25, 0.3) is 0 Å². The molecule has 0 spiro atoms. The average molecular weight is 263 g/mol. The molecular formula is C15H13N5. The number of anilines is 2. The number of aromatic nitrogens is 2. The van der Waals surface area contributed by atoms with Gasteiger partial charge in [0.05, 0.1) is 17.8 Å². The number of H-pyrrole nitrogens is 1. The van der Waals surface area contributed by atoms with E-state index in [2.05, 4.69) is 21.6 Å². The first-order valence-corrected chi connectivity index (χ1v) is 6.23. The molecule has 0 aliphatic carbocycles. The van der Waals surface area contributed by atoms with Crippen LogP contribution >= 0.6 is 0 Å². The average Bonchev–Trinajstić information content (AvgIpc) is 2.90. The topological polar surface area (TPSA) is 90.5 Å². The fraction of sp³-hybridized carbons (Fsp3) is 0.0667. The molecule has 20 heavy (non-hydrogen) atoms. The normalized spacial score (nSPS) is 10.3. The van der Waals surface area contributed by atoms with E-state index in [1.165, 1.54) is 0 Å². The van der Waals surface area contributed by atoms with Crippen molar-refractivity contribution in [3.05, 3.63) is 53.7 Å². The number of hydrogen-bond donors (Lipinski definition) is 3. The number of nitrogen functional groups attached to an aromatic ring is 1. The SMILES string of the molecule is N#Cc1ccc(NCc2cn[nH]c2N)c2ccccc12. The molecule has 0 bridgehead atoms. The first kappa shape index (κ1) is 12.1. The Balaban J connectivity index is 1.97. The molecule has 3 rings (SSSR count). The number of benzene rings is 2. The zero-order valence-corrected chi connectivity index (χ0v) is 10.7. The van der Waals surface area contributed by atoms with Crippen LogP contribution in [0.2, 0.25) is 0 Å². The highest BCUT2D eigenvalue weighted by atomic mass is 15.1. The fourth-order valence-corrected chi connectivity index (χ4v) is 2.20. The predicted molar refractivity (Wildman–Crippen MR) is 79.0 cm³/mol. The van der Waals surface area contributed by atoms with Gasteiger partial charge in [-0.2, -0.15) is 10.4 Å². The van der Waals surface area contributed by atoms with Crippen molar-refractivity contribution in [3.8, 4) is 6.07 Å². The van der Waals surface area contributed by atoms with Crippen LogP contribution < -0.4 is 11.1 Å². The Kier molecular flexibility index (Phi) is 2.98. The second-order valence-corrected chi connectivity index (χ2v) is 4.48. The van der Waals surface area contributed by atoms with Gasteiger partial charge in [-0.15, -0.1) is 0 Å². The van der Waals surface area contributed by atoms with Gasteiger partial charge in [0.1, 0.15) is 5.82 Å². The van der Waals surface area contributed by atoms with Crippen LogP contribution in [0.15, 0.2) is 42.6 Å². The zero-order valence-electron chi connectivity index (χ0n) is 10.7. The number of fused-ring (bicyclic) bond motifs is 1. The molecule has 0 aliphatic heterocycles. The van der Waals surface area contributed by atoms with Crippen molar-refractivity contribution in [2.45, 2.75) is 6.54 Å². The number of nitrogens with zero attached hydrogens (tertiary/aromatic N) is 2. The largest absolute Gasteiger partial charge is 0.384 e. The molecule has 2 aromatic carbocycles. The van der Waals surface area contributed by atoms with Crippen LogP contribution in [-0.2, 0) is 6.54 Å². The first-order chi connectivity index (χ1) is 9.79. The van der Waals surface area contributed by atoms with E-state index in [4.69, 9.17) is 11.0 Å². The monoisotopic (exact) mass is 263 g/mol. The van der Waals surface area contributed by atoms with E-state index in [9.17, 15) is 0 Å². The van der Waals surface area contributed by atoms with Crippen LogP contribution in [0.25, 0.3) is 10.8 Å². The second-order valence-electron chi connectivity index (χ2n) is 4.48. The molecule has 0 radical (unpaired) electrons. The van der Waals surface area contributed by atoms with Gasteiger partial charge in [0.2, 0.25) is 0 Å². The molecule has 0 unspecified atom stereocenters. The molecule has 5 heteroatoms. The quantitative estimate of drug-likeness (QED) is 0.677. The number of rotatable bonds is 3. The Morgan fingerprint density at radius 2 is 2.00 bits per heavy atom. The summed E-state index contributed by atoms with van der Waals surface area (Å²) in [6, 6.07) is 13.8. The van der Waals surface area contributed by atoms with Crippen LogP contribution in [0, 0.1) is 11.3 Å². The maximum absolute atomic E-state index is 9.14. The third kappa shape index (κ3) is 2.04. The van der Waals surface area contributed by atoms with Crippen molar-refractivity contribution >= 4 is 22.3 Å². The molecule has 4 N–H and O–H groups in total. The Hall–Kier alpha value is -3.00. The summed E-state index contributed by atoms with van der Waals surface area (Å²) in [5.41, 5.74) is 8.32. The molecule has 1 heterocycles. The molecule has 0 aliphatic rings. The van der Waals surface area contributed by atoms with Crippen molar-refractivity contribution in [2.24, 2.45) is 0 Å². The molecule has 0 amide bonds. The van der Waals surface area contributed by atoms with E-state index in [-0.39, 0.29) is 0 Å². The van der Waals surface area contributed by atoms with Crippen molar-refractivity contribution in [3.63, 3.8) is 0 Å². The minimum atomic E-state index is 0.565. The smallest absolute Gasteiger partial charge is 0.123 e. The van der Waals surface area contributed by atoms with Gasteiger partial charge in [-0.3, -0.25) is 5.10 Å². The number of nitrogens with two attached hydrogens (primary N) is 1. The summed E-state index contributed by atoms with van der Waals surface area (Å²) < 4.78 is 0. The van der Waals surface area contributed by atoms with Crippen LogP contribution in [0.1, 0.15) is 11.1 Å². The number of nitriles is 1. The number of aromatic amines is 1. The Morgan fingerprint density at radius 3 is 2.70 bits per heavy atom. The summed E-state index contributed by atoms with van der Waals surface area (Å²) in [5, 5.41) is 21.0. The van der Waals surface area contributed by atoms with Gasteiger partial charge in [-0.05, 0) is 12.1 Å². The molecule has 3 aromatic rings. The lowest BCUT2D eigenvalue weighted by Gasteiger charge is -2.10. The van der Waals surface area contributed by atoms with E-state index in [0.717, 1.165) is 22.0 Å². The maximum Gasteiger partial charge on any atom is 0.123 e. The van der Waals surface area contributed by atoms with Gasteiger partial charge >= 0.3 is 0 Å². The van der Waals surface area contributed by atoms with Crippen molar-refractivity contribution in [1.82, 2.24) is 10.2 Å². The molecule has 0 fully saturated rings. The van der Waals surface area contributed by atoms with E-state index < -0.39 is 0 Å². The van der Waals surface area contributed by atoms with Crippen LogP contribution in [0.3, 0.4) is 0 Å². The van der Waals surface area contributed by atoms with Gasteiger partial charge in [0.15, 0.2) is 0 Å². The lowest BCUT2D eigenvalue weighted by atomic mass is 10.0. The molecule has 98 valence electrons. The van der Waals surface area contributed by atoms with E-state index in [0.29, 0.717) is 17.9 Å². The third-order valence-corrected chi connectivity index (χ3v) is 3.27. The maximum atomic E-state index is 9.14. The summed E-state index contributed by atoms with van der Waals surface area (Å²) in [4.78, 5) is 0. The highest BCUT2D eigenvalue weighted by molar-refractivity contribution is 5.97. The van der Waals surface area contributed by atoms with E-state index in [1.807, 2.05) is 36.4 Å². The van der Waals surface area contributed by atoms with Gasteiger partial charge in [0, 0.05) is 28.6 Å². The van der Waals surface area contributed by atoms with Crippen molar-refractivity contribution in [2.75, 3.05) is 11.1 Å². The molecule has 0 atom stereocenters. The Labute approximate surface area is 116 Å². The van der Waals surface area contributed by atoms with Crippen LogP contribution in [0.4, 0.5) is 11.5 Å². The molecule has 0 saturated carbocycles. The summed E-state index contributed by atoms with van der Waals surface area (Å²) >= 11 is 0. The highest BCUT2D eigenvalue weighted by Crippen LogP contribution is 2.26. The summed E-state index contributed by atoms with van der Waals surface area (Å²) in [6.07, 6.45) is 1.70. The van der Waals surface area contributed by atoms with Gasteiger partial charge < -0.3 is 11.1 Å². The summed E-state index contributed by atoms with van der Waals surface area (Å²) in [6.45, 7) is 0.582. The molecular weight excluding hydrogens is 250 g/mol. The lowest BCUT2D eigenvalue weighted by molar-refractivity contribution is 1.10. The number of hydrogen-bond acceptors (Lipinski definition) is 4. The predicted octanol–water partition coefficient (Wildman–Crippen LogP) is 2.63. The first-order valence-electron chi connectivity index (χ1n) is 6.23. The van der Waals surface area contributed by atoms with Crippen LogP contribution in [0.5, 0.6) is 0 Å². The van der Waals surface area contributed by atoms with E-state index in [1.54, 1.807) is 6.20 Å². The minimum Gasteiger partial charge on any atom is -0.384 e. The Bertz CT molecular complexity index is 797. The molecule has 0 saturated heterocycles. The van der Waals surface area contributed by atoms with Crippen molar-refractivity contribution in [1.29, 1.82) is 5.26 Å². The van der Waals surface area contributed by atoms with E-state index >= 15 is 0 Å². The number of nitrogens with one attached hydrogen (secondary N) is 2. The summed E-state index contributed by atoms with van der Waals surface area (Å²) in [7, 11) is 0. The van der Waals surface area contributed by atoms with Gasteiger partial charge in [-0.25, -0.2) is 0 Å². The Morgan fingerprint density at radius 1 is 1.20 bits per heavy atom. The minimum absolute atomic E-state index is 0.565. The molecule has 1 aromatic heterocycles. The highest BCUT2D eigenvalue weighted by Gasteiger charge is 2.06. The van der Waals surface area contributed by atoms with Gasteiger partial charge in [-0.1, -0.05) is 24.3 Å². The summed E-state index contributed by atoms with van der Waals surface area (Å²) in [5.74, 6) is 0.565. The lowest BCUT2D eigenvalue weighted by Crippen LogP contribution is -2.02. The fourth-order valence-electron chi connectivity index (χ4n) is 2.20. The van der Waals surface area contributed by atoms with Crippen molar-refractivity contribution < 1.29 is 0 Å². The molecule has 5 nitrogen and oxygen atoms in total. The second kappa shape index (κ2) is 4.94. The zero-order chi connectivity index (χ0) is 13.9. The third-order valence-electron chi connectivity index (χ3n) is 3.27.